The molecule has 1 heterocycles. The van der Waals surface area contributed by atoms with Gasteiger partial charge in [0, 0.05) is 25.7 Å². The number of carbonyl (C=O) groups is 1. The number of amides is 1. The molecule has 0 radical (unpaired) electrons. The van der Waals surface area contributed by atoms with Crippen molar-refractivity contribution in [2.45, 2.75) is 33.2 Å². The minimum absolute atomic E-state index is 0. The van der Waals surface area contributed by atoms with E-state index in [1.54, 1.807) is 0 Å². The van der Waals surface area contributed by atoms with Gasteiger partial charge in [-0.05, 0) is 38.0 Å². The van der Waals surface area contributed by atoms with E-state index in [0.29, 0.717) is 19.1 Å². The zero-order valence-electron chi connectivity index (χ0n) is 13.0. The largest absolute Gasteiger partial charge is 0.493 e. The van der Waals surface area contributed by atoms with Crippen molar-refractivity contribution in [3.63, 3.8) is 0 Å². The summed E-state index contributed by atoms with van der Waals surface area (Å²) >= 11 is 0. The average Bonchev–Trinajstić information content (AvgIpc) is 2.43. The lowest BCUT2D eigenvalue weighted by atomic mass is 10.1. The highest BCUT2D eigenvalue weighted by Gasteiger charge is 2.20. The van der Waals surface area contributed by atoms with Crippen molar-refractivity contribution in [3.05, 3.63) is 29.3 Å². The van der Waals surface area contributed by atoms with Crippen LogP contribution in [0.25, 0.3) is 0 Å². The first-order chi connectivity index (χ1) is 9.58. The van der Waals surface area contributed by atoms with E-state index in [4.69, 9.17) is 4.74 Å². The van der Waals surface area contributed by atoms with Crippen molar-refractivity contribution in [1.82, 2.24) is 10.2 Å². The second kappa shape index (κ2) is 8.25. The number of hydrogen-bond donors (Lipinski definition) is 1. The van der Waals surface area contributed by atoms with E-state index < -0.39 is 0 Å². The summed E-state index contributed by atoms with van der Waals surface area (Å²) in [5.41, 5.74) is 2.36. The number of benzene rings is 1. The number of nitrogens with one attached hydrogen (secondary N) is 1. The van der Waals surface area contributed by atoms with E-state index in [-0.39, 0.29) is 18.3 Å². The molecule has 1 aliphatic rings. The Bertz CT molecular complexity index is 479. The molecule has 4 nitrogen and oxygen atoms in total. The first-order valence-electron chi connectivity index (χ1n) is 7.28. The maximum absolute atomic E-state index is 12.1. The molecule has 21 heavy (non-hydrogen) atoms. The molecular weight excluding hydrogens is 288 g/mol. The van der Waals surface area contributed by atoms with Crippen molar-refractivity contribution < 1.29 is 9.53 Å². The molecule has 1 unspecified atom stereocenters. The molecule has 1 aromatic rings. The number of ether oxygens (including phenoxy) is 1. The smallest absolute Gasteiger partial charge is 0.226 e. The number of nitrogens with zero attached hydrogens (tertiary/aromatic N) is 1. The van der Waals surface area contributed by atoms with Gasteiger partial charge in [0.1, 0.15) is 5.75 Å². The van der Waals surface area contributed by atoms with Crippen LogP contribution in [-0.4, -0.2) is 43.1 Å². The second-order valence-electron chi connectivity index (χ2n) is 5.49. The standard InChI is InChI=1S/C16H24N2O2.ClH/c1-12-5-4-6-15(14(12)3)20-10-7-16(19)18-9-8-17-13(2)11-18;/h4-6,13,17H,7-11H2,1-3H3;1H. The Morgan fingerprint density at radius 3 is 2.90 bits per heavy atom. The van der Waals surface area contributed by atoms with Gasteiger partial charge in [0.05, 0.1) is 13.0 Å². The lowest BCUT2D eigenvalue weighted by Crippen LogP contribution is -2.51. The summed E-state index contributed by atoms with van der Waals surface area (Å²) < 4.78 is 5.74. The van der Waals surface area contributed by atoms with Crippen molar-refractivity contribution in [2.24, 2.45) is 0 Å². The van der Waals surface area contributed by atoms with E-state index in [2.05, 4.69) is 25.2 Å². The predicted octanol–water partition coefficient (Wildman–Crippen LogP) is 2.31. The monoisotopic (exact) mass is 312 g/mol. The molecule has 0 aromatic heterocycles. The molecular formula is C16H25ClN2O2. The number of rotatable bonds is 4. The van der Waals surface area contributed by atoms with Crippen LogP contribution in [0.1, 0.15) is 24.5 Å². The Balaban J connectivity index is 0.00000220. The van der Waals surface area contributed by atoms with Crippen LogP contribution in [0.15, 0.2) is 18.2 Å². The van der Waals surface area contributed by atoms with Gasteiger partial charge in [0.25, 0.3) is 0 Å². The highest BCUT2D eigenvalue weighted by molar-refractivity contribution is 5.85. The van der Waals surface area contributed by atoms with Gasteiger partial charge in [-0.15, -0.1) is 12.4 Å². The van der Waals surface area contributed by atoms with Crippen LogP contribution in [0, 0.1) is 13.8 Å². The van der Waals surface area contributed by atoms with Crippen molar-refractivity contribution >= 4 is 18.3 Å². The quantitative estimate of drug-likeness (QED) is 0.927. The summed E-state index contributed by atoms with van der Waals surface area (Å²) in [5.74, 6) is 1.06. The molecule has 1 amide bonds. The molecule has 1 saturated heterocycles. The fourth-order valence-corrected chi connectivity index (χ4v) is 2.45. The third-order valence-electron chi connectivity index (χ3n) is 3.85. The maximum Gasteiger partial charge on any atom is 0.226 e. The van der Waals surface area contributed by atoms with E-state index in [1.807, 2.05) is 24.0 Å². The summed E-state index contributed by atoms with van der Waals surface area (Å²) in [4.78, 5) is 14.0. The third kappa shape index (κ3) is 4.90. The van der Waals surface area contributed by atoms with Crippen LogP contribution in [0.4, 0.5) is 0 Å². The number of carbonyl (C=O) groups excluding carboxylic acids is 1. The van der Waals surface area contributed by atoms with Crippen LogP contribution in [0.3, 0.4) is 0 Å². The summed E-state index contributed by atoms with van der Waals surface area (Å²) in [6.07, 6.45) is 0.445. The highest BCUT2D eigenvalue weighted by Crippen LogP contribution is 2.20. The molecule has 0 aliphatic carbocycles. The minimum atomic E-state index is 0. The molecule has 1 atom stereocenters. The van der Waals surface area contributed by atoms with Gasteiger partial charge in [-0.25, -0.2) is 0 Å². The fraction of sp³-hybridized carbons (Fsp3) is 0.562. The van der Waals surface area contributed by atoms with Crippen molar-refractivity contribution in [2.75, 3.05) is 26.2 Å². The third-order valence-corrected chi connectivity index (χ3v) is 3.85. The predicted molar refractivity (Wildman–Crippen MR) is 87.3 cm³/mol. The first kappa shape index (κ1) is 17.8. The summed E-state index contributed by atoms with van der Waals surface area (Å²) in [6, 6.07) is 6.39. The molecule has 1 fully saturated rings. The number of halogens is 1. The molecule has 2 rings (SSSR count). The summed E-state index contributed by atoms with van der Waals surface area (Å²) in [5, 5.41) is 3.34. The summed E-state index contributed by atoms with van der Waals surface area (Å²) in [6.45, 7) is 9.13. The van der Waals surface area contributed by atoms with Gasteiger partial charge in [-0.3, -0.25) is 4.79 Å². The fourth-order valence-electron chi connectivity index (χ4n) is 2.45. The zero-order valence-corrected chi connectivity index (χ0v) is 13.8. The van der Waals surface area contributed by atoms with Crippen LogP contribution >= 0.6 is 12.4 Å². The minimum Gasteiger partial charge on any atom is -0.493 e. The molecule has 1 aliphatic heterocycles. The Hall–Kier alpha value is -1.26. The number of piperazine rings is 1. The molecule has 1 aromatic carbocycles. The number of aryl methyl sites for hydroxylation is 1. The van der Waals surface area contributed by atoms with Crippen LogP contribution in [0.2, 0.25) is 0 Å². The molecule has 0 bridgehead atoms. The van der Waals surface area contributed by atoms with Gasteiger partial charge in [0.2, 0.25) is 5.91 Å². The lowest BCUT2D eigenvalue weighted by Gasteiger charge is -2.32. The Morgan fingerprint density at radius 2 is 2.19 bits per heavy atom. The lowest BCUT2D eigenvalue weighted by molar-refractivity contribution is -0.132. The topological polar surface area (TPSA) is 41.6 Å². The van der Waals surface area contributed by atoms with Gasteiger partial charge in [0.15, 0.2) is 0 Å². The SMILES string of the molecule is Cc1cccc(OCCC(=O)N2CCNC(C)C2)c1C.Cl. The van der Waals surface area contributed by atoms with E-state index >= 15 is 0 Å². The van der Waals surface area contributed by atoms with Gasteiger partial charge < -0.3 is 15.0 Å². The Kier molecular flexibility index (Phi) is 6.99. The average molecular weight is 313 g/mol. The molecule has 5 heteroatoms. The molecule has 118 valence electrons. The van der Waals surface area contributed by atoms with Crippen molar-refractivity contribution in [1.29, 1.82) is 0 Å². The molecule has 1 N–H and O–H groups in total. The molecule has 0 saturated carbocycles. The van der Waals surface area contributed by atoms with Crippen LogP contribution < -0.4 is 10.1 Å². The Morgan fingerprint density at radius 1 is 1.43 bits per heavy atom. The molecule has 0 spiro atoms. The van der Waals surface area contributed by atoms with Gasteiger partial charge in [-0.1, -0.05) is 12.1 Å². The van der Waals surface area contributed by atoms with E-state index in [9.17, 15) is 4.79 Å². The van der Waals surface area contributed by atoms with E-state index in [1.165, 1.54) is 5.56 Å². The Labute approximate surface area is 133 Å². The second-order valence-corrected chi connectivity index (χ2v) is 5.49. The van der Waals surface area contributed by atoms with Gasteiger partial charge >= 0.3 is 0 Å². The highest BCUT2D eigenvalue weighted by atomic mass is 35.5. The van der Waals surface area contributed by atoms with Crippen molar-refractivity contribution in [3.8, 4) is 5.75 Å². The van der Waals surface area contributed by atoms with Crippen LogP contribution in [-0.2, 0) is 4.79 Å². The first-order valence-corrected chi connectivity index (χ1v) is 7.28. The van der Waals surface area contributed by atoms with Crippen LogP contribution in [0.5, 0.6) is 5.75 Å². The van der Waals surface area contributed by atoms with Gasteiger partial charge in [-0.2, -0.15) is 0 Å². The zero-order chi connectivity index (χ0) is 14.5. The number of hydrogen-bond acceptors (Lipinski definition) is 3. The maximum atomic E-state index is 12.1. The van der Waals surface area contributed by atoms with E-state index in [0.717, 1.165) is 30.9 Å². The summed E-state index contributed by atoms with van der Waals surface area (Å²) in [7, 11) is 0. The normalized spacial score (nSPS) is 18.0.